The summed E-state index contributed by atoms with van der Waals surface area (Å²) in [6.07, 6.45) is -9.61. The number of halogens is 1. The monoisotopic (exact) mass is 530 g/mol. The summed E-state index contributed by atoms with van der Waals surface area (Å²) in [5.41, 5.74) is -3.73. The minimum Gasteiger partial charge on any atom is -0.507 e. The van der Waals surface area contributed by atoms with E-state index in [0.29, 0.717) is 0 Å². The Morgan fingerprint density at radius 3 is 2.39 bits per heavy atom. The molecule has 0 aromatic heterocycles. The highest BCUT2D eigenvalue weighted by Gasteiger charge is 2.52. The molecular formula is C27H27FO10. The van der Waals surface area contributed by atoms with E-state index < -0.39 is 72.0 Å². The zero-order chi connectivity index (χ0) is 27.7. The minimum absolute atomic E-state index is 0.0134. The average Bonchev–Trinajstić information content (AvgIpc) is 2.91. The van der Waals surface area contributed by atoms with Crippen LogP contribution in [0.4, 0.5) is 4.39 Å². The van der Waals surface area contributed by atoms with E-state index in [9.17, 15) is 34.8 Å². The third kappa shape index (κ3) is 3.69. The molecular weight excluding hydrogens is 503 g/mol. The summed E-state index contributed by atoms with van der Waals surface area (Å²) < 4.78 is 32.5. The van der Waals surface area contributed by atoms with Crippen molar-refractivity contribution in [2.45, 2.75) is 69.2 Å². The van der Waals surface area contributed by atoms with Gasteiger partial charge in [-0.25, -0.2) is 4.39 Å². The molecule has 1 aliphatic heterocycles. The van der Waals surface area contributed by atoms with Crippen LogP contribution in [0.2, 0.25) is 0 Å². The van der Waals surface area contributed by atoms with Crippen molar-refractivity contribution >= 4 is 17.3 Å². The van der Waals surface area contributed by atoms with Crippen LogP contribution < -0.4 is 4.74 Å². The number of aliphatic hydroxyl groups is 3. The predicted molar refractivity (Wildman–Crippen MR) is 127 cm³/mol. The number of aromatic hydroxyl groups is 1. The van der Waals surface area contributed by atoms with Gasteiger partial charge < -0.3 is 34.6 Å². The second kappa shape index (κ2) is 9.21. The molecule has 4 N–H and O–H groups in total. The van der Waals surface area contributed by atoms with Crippen LogP contribution in [0.5, 0.6) is 11.5 Å². The average molecular weight is 531 g/mol. The zero-order valence-corrected chi connectivity index (χ0v) is 20.8. The van der Waals surface area contributed by atoms with Gasteiger partial charge in [-0.05, 0) is 25.5 Å². The molecule has 2 aromatic rings. The number of phenolic OH excluding ortho intramolecular Hbond substituents is 1. The number of phenols is 1. The maximum Gasteiger partial charge on any atom is 0.201 e. The van der Waals surface area contributed by atoms with E-state index in [1.54, 1.807) is 0 Å². The van der Waals surface area contributed by atoms with Crippen molar-refractivity contribution in [1.82, 2.24) is 0 Å². The molecule has 2 aromatic carbocycles. The lowest BCUT2D eigenvalue weighted by molar-refractivity contribution is -0.307. The Balaban J connectivity index is 1.67. The number of carbonyl (C=O) groups excluding carboxylic acids is 3. The first-order valence-corrected chi connectivity index (χ1v) is 12.2. The third-order valence-electron chi connectivity index (χ3n) is 7.68. The van der Waals surface area contributed by atoms with Gasteiger partial charge in [0.25, 0.3) is 0 Å². The number of ether oxygens (including phenoxy) is 3. The van der Waals surface area contributed by atoms with Crippen molar-refractivity contribution in [3.8, 4) is 11.5 Å². The molecule has 1 fully saturated rings. The number of hydrogen-bond donors (Lipinski definition) is 4. The predicted octanol–water partition coefficient (Wildman–Crippen LogP) is 1.77. The lowest BCUT2D eigenvalue weighted by Gasteiger charge is -2.42. The summed E-state index contributed by atoms with van der Waals surface area (Å²) in [7, 11) is 1.32. The summed E-state index contributed by atoms with van der Waals surface area (Å²) >= 11 is 0. The molecule has 0 bridgehead atoms. The normalized spacial score (nSPS) is 32.4. The molecule has 11 heteroatoms. The molecule has 202 valence electrons. The van der Waals surface area contributed by atoms with Crippen LogP contribution in [0.1, 0.15) is 80.6 Å². The van der Waals surface area contributed by atoms with Crippen molar-refractivity contribution in [3.05, 3.63) is 57.6 Å². The highest BCUT2D eigenvalue weighted by Crippen LogP contribution is 2.50. The largest absolute Gasteiger partial charge is 0.507 e. The van der Waals surface area contributed by atoms with E-state index in [4.69, 9.17) is 14.2 Å². The molecule has 0 amide bonds. The first-order chi connectivity index (χ1) is 17.9. The molecule has 2 aliphatic carbocycles. The van der Waals surface area contributed by atoms with Crippen LogP contribution in [0, 0.1) is 0 Å². The number of alkyl halides is 1. The Morgan fingerprint density at radius 2 is 1.74 bits per heavy atom. The van der Waals surface area contributed by atoms with E-state index in [1.807, 2.05) is 0 Å². The van der Waals surface area contributed by atoms with Crippen molar-refractivity contribution in [1.29, 1.82) is 0 Å². The maximum absolute atomic E-state index is 15.9. The summed E-state index contributed by atoms with van der Waals surface area (Å²) in [6, 6.07) is 5.52. The summed E-state index contributed by atoms with van der Waals surface area (Å²) in [5.74, 6) is -2.99. The molecule has 1 heterocycles. The maximum atomic E-state index is 15.9. The lowest BCUT2D eigenvalue weighted by atomic mass is 9.73. The Morgan fingerprint density at radius 1 is 1.03 bits per heavy atom. The Labute approximate surface area is 216 Å². The van der Waals surface area contributed by atoms with Crippen molar-refractivity contribution in [3.63, 3.8) is 0 Å². The minimum atomic E-state index is -2.45. The highest BCUT2D eigenvalue weighted by atomic mass is 19.1. The molecule has 10 nitrogen and oxygen atoms in total. The van der Waals surface area contributed by atoms with Gasteiger partial charge in [-0.2, -0.15) is 0 Å². The molecule has 7 atom stereocenters. The van der Waals surface area contributed by atoms with Crippen LogP contribution in [0.25, 0.3) is 0 Å². The van der Waals surface area contributed by atoms with E-state index >= 15 is 4.39 Å². The van der Waals surface area contributed by atoms with E-state index in [-0.39, 0.29) is 45.6 Å². The second-order valence-electron chi connectivity index (χ2n) is 9.81. The number of benzene rings is 2. The molecule has 0 saturated carbocycles. The van der Waals surface area contributed by atoms with Gasteiger partial charge in [-0.15, -0.1) is 0 Å². The number of Topliss-reactive ketones (excluding diaryl/α,β-unsaturated/α-hetero) is 1. The topological polar surface area (TPSA) is 160 Å². The van der Waals surface area contributed by atoms with Crippen molar-refractivity contribution in [2.75, 3.05) is 7.11 Å². The fourth-order valence-electron chi connectivity index (χ4n) is 5.44. The van der Waals surface area contributed by atoms with E-state index in [0.717, 1.165) is 6.07 Å². The summed E-state index contributed by atoms with van der Waals surface area (Å²) in [4.78, 5) is 40.2. The van der Waals surface area contributed by atoms with Crippen LogP contribution in [0.15, 0.2) is 24.3 Å². The smallest absolute Gasteiger partial charge is 0.201 e. The van der Waals surface area contributed by atoms with Gasteiger partial charge in [0.1, 0.15) is 29.8 Å². The van der Waals surface area contributed by atoms with Crippen LogP contribution in [-0.4, -0.2) is 81.3 Å². The molecule has 0 radical (unpaired) electrons. The number of fused-ring (bicyclic) bond motifs is 3. The lowest BCUT2D eigenvalue weighted by Crippen LogP contribution is -2.57. The van der Waals surface area contributed by atoms with Crippen molar-refractivity contribution < 1.29 is 53.4 Å². The van der Waals surface area contributed by atoms with Gasteiger partial charge in [-0.1, -0.05) is 19.1 Å². The second-order valence-corrected chi connectivity index (χ2v) is 9.81. The Hall–Kier alpha value is -3.22. The van der Waals surface area contributed by atoms with E-state index in [2.05, 4.69) is 0 Å². The molecule has 5 rings (SSSR count). The molecule has 38 heavy (non-hydrogen) atoms. The van der Waals surface area contributed by atoms with Crippen LogP contribution >= 0.6 is 0 Å². The van der Waals surface area contributed by atoms with Crippen LogP contribution in [-0.2, 0) is 9.47 Å². The number of ketones is 3. The highest BCUT2D eigenvalue weighted by molar-refractivity contribution is 6.31. The summed E-state index contributed by atoms with van der Waals surface area (Å²) in [5, 5.41) is 42.0. The third-order valence-corrected chi connectivity index (χ3v) is 7.68. The van der Waals surface area contributed by atoms with Gasteiger partial charge in [0.15, 0.2) is 17.7 Å². The zero-order valence-electron chi connectivity index (χ0n) is 20.8. The number of hydrogen-bond acceptors (Lipinski definition) is 10. The Kier molecular flexibility index (Phi) is 6.40. The van der Waals surface area contributed by atoms with E-state index in [1.165, 1.54) is 39.2 Å². The van der Waals surface area contributed by atoms with Crippen LogP contribution in [0.3, 0.4) is 0 Å². The van der Waals surface area contributed by atoms with Crippen molar-refractivity contribution in [2.24, 2.45) is 0 Å². The van der Waals surface area contributed by atoms with Gasteiger partial charge >= 0.3 is 0 Å². The quantitative estimate of drug-likeness (QED) is 0.391. The number of methoxy groups -OCH3 is 1. The molecule has 1 saturated heterocycles. The SMILES string of the molecule is CC[C@@]1(F)C[C@H](O[C@H]2O[C@@H](C)[C@@H](O)[C@@H](O)[C@@H]2O)c2c(cc3c(c2O)C(=O)c2c(OC)cccc2C3=O)C1=O. The number of aliphatic hydroxyl groups excluding tert-OH is 3. The number of rotatable bonds is 4. The number of carbonyl (C=O) groups is 3. The fraction of sp³-hybridized carbons (Fsp3) is 0.444. The Bertz CT molecular complexity index is 1360. The molecule has 0 unspecified atom stereocenters. The fourth-order valence-corrected chi connectivity index (χ4v) is 5.44. The van der Waals surface area contributed by atoms with Gasteiger partial charge in [0, 0.05) is 28.7 Å². The van der Waals surface area contributed by atoms with Gasteiger partial charge in [0.2, 0.25) is 11.6 Å². The van der Waals surface area contributed by atoms with Gasteiger partial charge in [0.05, 0.1) is 30.4 Å². The molecule has 0 spiro atoms. The molecule has 3 aliphatic rings. The summed E-state index contributed by atoms with van der Waals surface area (Å²) in [6.45, 7) is 2.88. The van der Waals surface area contributed by atoms with Gasteiger partial charge in [-0.3, -0.25) is 14.4 Å². The standard InChI is InChI=1S/C27H27FO10/c1-4-27(28)9-15(38-26-24(34)23(33)19(29)10(2)37-26)17-13(25(27)35)8-12-18(22(17)32)21(31)16-11(20(12)30)6-5-7-14(16)36-3/h5-8,10,15,19,23-24,26,29,32-34H,4,9H2,1-3H3/t10-,15-,19+,23+,24-,26+,27+/m0/s1. The first kappa shape index (κ1) is 26.4. The first-order valence-electron chi connectivity index (χ1n) is 12.2.